The second-order valence-corrected chi connectivity index (χ2v) is 7.22. The number of anilines is 1. The zero-order chi connectivity index (χ0) is 21.2. The van der Waals surface area contributed by atoms with Gasteiger partial charge in [-0.25, -0.2) is 0 Å². The molecule has 154 valence electrons. The Morgan fingerprint density at radius 2 is 1.62 bits per heavy atom. The van der Waals surface area contributed by atoms with E-state index in [0.29, 0.717) is 18.0 Å². The van der Waals surface area contributed by atoms with Gasteiger partial charge in [-0.05, 0) is 41.8 Å². The van der Waals surface area contributed by atoms with Crippen molar-refractivity contribution in [2.45, 2.75) is 45.7 Å². The fourth-order valence-corrected chi connectivity index (χ4v) is 2.93. The lowest BCUT2D eigenvalue weighted by atomic mass is 10.0. The minimum atomic E-state index is -0.430. The molecule has 2 aromatic rings. The van der Waals surface area contributed by atoms with Gasteiger partial charge in [0.1, 0.15) is 0 Å². The van der Waals surface area contributed by atoms with Crippen molar-refractivity contribution in [1.29, 1.82) is 0 Å². The molecule has 2 aromatic carbocycles. The zero-order valence-electron chi connectivity index (χ0n) is 16.6. The summed E-state index contributed by atoms with van der Waals surface area (Å²) >= 11 is 5.91. The Labute approximate surface area is 176 Å². The average Bonchev–Trinajstić information content (AvgIpc) is 2.67. The molecule has 0 heterocycles. The van der Waals surface area contributed by atoms with Crippen molar-refractivity contribution in [3.8, 4) is 0 Å². The predicted molar refractivity (Wildman–Crippen MR) is 114 cm³/mol. The highest BCUT2D eigenvalue weighted by molar-refractivity contribution is 6.30. The van der Waals surface area contributed by atoms with E-state index in [1.54, 1.807) is 24.3 Å². The second kappa shape index (κ2) is 11.2. The van der Waals surface area contributed by atoms with Gasteiger partial charge in [-0.2, -0.15) is 0 Å². The largest absolute Gasteiger partial charge is 0.352 e. The molecule has 1 atom stereocenters. The van der Waals surface area contributed by atoms with Crippen LogP contribution in [0.15, 0.2) is 48.5 Å². The van der Waals surface area contributed by atoms with Crippen LogP contribution in [0.2, 0.25) is 5.02 Å². The topological polar surface area (TPSA) is 87.3 Å². The lowest BCUT2D eigenvalue weighted by Crippen LogP contribution is -2.32. The number of hydrogen-bond acceptors (Lipinski definition) is 3. The van der Waals surface area contributed by atoms with Crippen LogP contribution in [0.25, 0.3) is 0 Å². The van der Waals surface area contributed by atoms with Crippen molar-refractivity contribution in [3.05, 3.63) is 64.7 Å². The third-order valence-corrected chi connectivity index (χ3v) is 4.50. The van der Waals surface area contributed by atoms with Crippen LogP contribution in [-0.2, 0) is 20.9 Å². The van der Waals surface area contributed by atoms with E-state index in [0.717, 1.165) is 23.2 Å². The van der Waals surface area contributed by atoms with Crippen molar-refractivity contribution in [3.63, 3.8) is 0 Å². The highest BCUT2D eigenvalue weighted by atomic mass is 35.5. The molecule has 3 amide bonds. The number of carbonyl (C=O) groups excluding carboxylic acids is 3. The van der Waals surface area contributed by atoms with E-state index in [-0.39, 0.29) is 24.1 Å². The van der Waals surface area contributed by atoms with Gasteiger partial charge >= 0.3 is 0 Å². The Morgan fingerprint density at radius 1 is 0.966 bits per heavy atom. The van der Waals surface area contributed by atoms with Gasteiger partial charge in [0.05, 0.1) is 12.5 Å². The molecule has 0 aliphatic rings. The van der Waals surface area contributed by atoms with Crippen LogP contribution in [0, 0.1) is 0 Å². The molecule has 1 unspecified atom stereocenters. The van der Waals surface area contributed by atoms with E-state index in [2.05, 4.69) is 16.0 Å². The summed E-state index contributed by atoms with van der Waals surface area (Å²) < 4.78 is 0. The molecule has 0 fully saturated rings. The maximum Gasteiger partial charge on any atom is 0.224 e. The Hall–Kier alpha value is -2.86. The number of nitrogens with one attached hydrogen (secondary N) is 3. The zero-order valence-corrected chi connectivity index (χ0v) is 17.4. The fraction of sp³-hybridized carbons (Fsp3) is 0.318. The first-order valence-corrected chi connectivity index (χ1v) is 9.93. The third kappa shape index (κ3) is 7.95. The van der Waals surface area contributed by atoms with Gasteiger partial charge in [0.2, 0.25) is 17.7 Å². The highest BCUT2D eigenvalue weighted by Crippen LogP contribution is 2.19. The molecule has 0 bridgehead atoms. The number of hydrogen-bond donors (Lipinski definition) is 3. The first kappa shape index (κ1) is 22.4. The molecule has 3 N–H and O–H groups in total. The van der Waals surface area contributed by atoms with Crippen LogP contribution >= 0.6 is 11.6 Å². The summed E-state index contributed by atoms with van der Waals surface area (Å²) in [6.45, 7) is 3.73. The summed E-state index contributed by atoms with van der Waals surface area (Å²) in [5, 5.41) is 9.08. The van der Waals surface area contributed by atoms with Crippen LogP contribution in [0.3, 0.4) is 0 Å². The summed E-state index contributed by atoms with van der Waals surface area (Å²) in [7, 11) is 0. The van der Waals surface area contributed by atoms with Crippen molar-refractivity contribution in [2.75, 3.05) is 5.32 Å². The maximum atomic E-state index is 12.4. The van der Waals surface area contributed by atoms with E-state index in [4.69, 9.17) is 11.6 Å². The molecule has 0 aromatic heterocycles. The molecule has 2 rings (SSSR count). The minimum Gasteiger partial charge on any atom is -0.352 e. The monoisotopic (exact) mass is 415 g/mol. The van der Waals surface area contributed by atoms with E-state index < -0.39 is 6.04 Å². The molecule has 0 saturated heterocycles. The van der Waals surface area contributed by atoms with E-state index in [1.807, 2.05) is 31.2 Å². The number of benzene rings is 2. The summed E-state index contributed by atoms with van der Waals surface area (Å²) in [6, 6.07) is 13.9. The summed E-state index contributed by atoms with van der Waals surface area (Å²) in [5.41, 5.74) is 2.45. The van der Waals surface area contributed by atoms with Crippen LogP contribution in [0.5, 0.6) is 0 Å². The number of halogens is 1. The van der Waals surface area contributed by atoms with Gasteiger partial charge in [0.15, 0.2) is 0 Å². The predicted octanol–water partition coefficient (Wildman–Crippen LogP) is 3.96. The van der Waals surface area contributed by atoms with Gasteiger partial charge < -0.3 is 16.0 Å². The van der Waals surface area contributed by atoms with Crippen molar-refractivity contribution in [1.82, 2.24) is 10.6 Å². The normalized spacial score (nSPS) is 11.4. The smallest absolute Gasteiger partial charge is 0.224 e. The van der Waals surface area contributed by atoms with Gasteiger partial charge in [-0.1, -0.05) is 42.8 Å². The van der Waals surface area contributed by atoms with Gasteiger partial charge in [0.25, 0.3) is 0 Å². The van der Waals surface area contributed by atoms with Crippen molar-refractivity contribution >= 4 is 35.0 Å². The molecule has 6 nitrogen and oxygen atoms in total. The number of amides is 3. The maximum absolute atomic E-state index is 12.4. The van der Waals surface area contributed by atoms with E-state index in [9.17, 15) is 14.4 Å². The molecule has 7 heteroatoms. The first-order valence-electron chi connectivity index (χ1n) is 9.55. The number of rotatable bonds is 9. The Bertz CT molecular complexity index is 835. The van der Waals surface area contributed by atoms with E-state index >= 15 is 0 Å². The Kier molecular flexibility index (Phi) is 8.68. The van der Waals surface area contributed by atoms with Crippen LogP contribution in [0.4, 0.5) is 5.69 Å². The molecular weight excluding hydrogens is 390 g/mol. The van der Waals surface area contributed by atoms with Crippen molar-refractivity contribution in [2.24, 2.45) is 0 Å². The summed E-state index contributed by atoms with van der Waals surface area (Å²) in [4.78, 5) is 35.5. The molecular formula is C22H26ClN3O3. The quantitative estimate of drug-likeness (QED) is 0.579. The number of carbonyl (C=O) groups is 3. The van der Waals surface area contributed by atoms with E-state index in [1.165, 1.54) is 6.92 Å². The molecule has 0 radical (unpaired) electrons. The van der Waals surface area contributed by atoms with Crippen LogP contribution < -0.4 is 16.0 Å². The summed E-state index contributed by atoms with van der Waals surface area (Å²) in [6.07, 6.45) is 1.40. The standard InChI is InChI=1S/C22H26ClN3O3/c1-3-4-21(28)26-19-11-5-16(6-12-19)14-24-22(29)13-20(25-15(2)27)17-7-9-18(23)10-8-17/h5-12,20H,3-4,13-14H2,1-2H3,(H,24,29)(H,25,27)(H,26,28). The lowest BCUT2D eigenvalue weighted by Gasteiger charge is -2.18. The lowest BCUT2D eigenvalue weighted by molar-refractivity contribution is -0.123. The minimum absolute atomic E-state index is 0.0141. The molecule has 29 heavy (non-hydrogen) atoms. The molecule has 0 aliphatic heterocycles. The second-order valence-electron chi connectivity index (χ2n) is 6.78. The Morgan fingerprint density at radius 3 is 2.21 bits per heavy atom. The molecule has 0 saturated carbocycles. The average molecular weight is 416 g/mol. The summed E-state index contributed by atoms with van der Waals surface area (Å²) in [5.74, 6) is -0.405. The molecule has 0 aliphatic carbocycles. The highest BCUT2D eigenvalue weighted by Gasteiger charge is 2.17. The SMILES string of the molecule is CCCC(=O)Nc1ccc(CNC(=O)CC(NC(C)=O)c2ccc(Cl)cc2)cc1. The van der Waals surface area contributed by atoms with Gasteiger partial charge in [-0.3, -0.25) is 14.4 Å². The third-order valence-electron chi connectivity index (χ3n) is 4.24. The van der Waals surface area contributed by atoms with Crippen LogP contribution in [0.1, 0.15) is 50.3 Å². The van der Waals surface area contributed by atoms with Crippen molar-refractivity contribution < 1.29 is 14.4 Å². The van der Waals surface area contributed by atoms with Crippen LogP contribution in [-0.4, -0.2) is 17.7 Å². The van der Waals surface area contributed by atoms with Gasteiger partial charge in [0, 0.05) is 30.6 Å². The fourth-order valence-electron chi connectivity index (χ4n) is 2.81. The Balaban J connectivity index is 1.90. The molecule has 0 spiro atoms. The first-order chi connectivity index (χ1) is 13.9. The van der Waals surface area contributed by atoms with Gasteiger partial charge in [-0.15, -0.1) is 0 Å².